The molecule has 1 saturated heterocycles. The normalized spacial score (nSPS) is 16.7. The molecule has 0 spiro atoms. The highest BCUT2D eigenvalue weighted by molar-refractivity contribution is 9.10. The highest BCUT2D eigenvalue weighted by atomic mass is 79.9. The van der Waals surface area contributed by atoms with Crippen LogP contribution < -0.4 is 5.32 Å². The van der Waals surface area contributed by atoms with E-state index in [-0.39, 0.29) is 0 Å². The van der Waals surface area contributed by atoms with Gasteiger partial charge in [0.1, 0.15) is 0 Å². The van der Waals surface area contributed by atoms with E-state index in [1.807, 2.05) is 12.1 Å². The molecule has 1 aliphatic rings. The molecule has 0 saturated carbocycles. The molecule has 0 aromatic heterocycles. The van der Waals surface area contributed by atoms with Crippen molar-refractivity contribution in [3.63, 3.8) is 0 Å². The molecule has 1 N–H and O–H groups in total. The first-order chi connectivity index (χ1) is 8.84. The van der Waals surface area contributed by atoms with Crippen molar-refractivity contribution >= 4 is 21.6 Å². The summed E-state index contributed by atoms with van der Waals surface area (Å²) in [6, 6.07) is 8.17. The van der Waals surface area contributed by atoms with Crippen molar-refractivity contribution in [1.82, 2.24) is 0 Å². The molecule has 1 heterocycles. The van der Waals surface area contributed by atoms with Gasteiger partial charge in [-0.2, -0.15) is 0 Å². The summed E-state index contributed by atoms with van der Waals surface area (Å²) in [5.41, 5.74) is 1.12. The second-order valence-corrected chi connectivity index (χ2v) is 5.48. The molecule has 1 fully saturated rings. The Kier molecular flexibility index (Phi) is 5.97. The molecule has 1 aromatic carbocycles. The summed E-state index contributed by atoms with van der Waals surface area (Å²) in [4.78, 5) is 0. The fraction of sp³-hybridized carbons (Fsp3) is 0.571. The van der Waals surface area contributed by atoms with Gasteiger partial charge in [0.25, 0.3) is 0 Å². The summed E-state index contributed by atoms with van der Waals surface area (Å²) in [5, 5.41) is 3.34. The molecule has 0 aliphatic carbocycles. The molecule has 0 unspecified atom stereocenters. The molecule has 1 aromatic rings. The average Bonchev–Trinajstić information content (AvgIpc) is 2.40. The molecule has 100 valence electrons. The molecule has 0 bridgehead atoms. The van der Waals surface area contributed by atoms with Crippen molar-refractivity contribution in [1.29, 1.82) is 0 Å². The summed E-state index contributed by atoms with van der Waals surface area (Å²) >= 11 is 3.45. The van der Waals surface area contributed by atoms with Gasteiger partial charge in [-0.25, -0.2) is 0 Å². The first-order valence-electron chi connectivity index (χ1n) is 6.49. The van der Waals surface area contributed by atoms with Gasteiger partial charge in [-0.15, -0.1) is 0 Å². The smallest absolute Gasteiger partial charge is 0.0639 e. The van der Waals surface area contributed by atoms with Gasteiger partial charge in [-0.1, -0.05) is 22.0 Å². The standard InChI is InChI=1S/C14H20BrNO2/c15-13-2-1-3-14(10-13)16-6-9-18-11-12-4-7-17-8-5-12/h1-3,10,12,16H,4-9,11H2. The maximum Gasteiger partial charge on any atom is 0.0639 e. The first-order valence-corrected chi connectivity index (χ1v) is 7.29. The van der Waals surface area contributed by atoms with Gasteiger partial charge in [0, 0.05) is 36.5 Å². The zero-order chi connectivity index (χ0) is 12.6. The Morgan fingerprint density at radius 3 is 2.94 bits per heavy atom. The molecule has 2 rings (SSSR count). The van der Waals surface area contributed by atoms with Crippen LogP contribution in [0.25, 0.3) is 0 Å². The topological polar surface area (TPSA) is 30.5 Å². The summed E-state index contributed by atoms with van der Waals surface area (Å²) in [6.45, 7) is 4.25. The minimum atomic E-state index is 0.685. The second-order valence-electron chi connectivity index (χ2n) is 4.57. The van der Waals surface area contributed by atoms with Crippen molar-refractivity contribution in [2.75, 3.05) is 38.3 Å². The molecule has 0 atom stereocenters. The number of anilines is 1. The van der Waals surface area contributed by atoms with E-state index in [1.54, 1.807) is 0 Å². The lowest BCUT2D eigenvalue weighted by atomic mass is 10.0. The Morgan fingerprint density at radius 2 is 2.17 bits per heavy atom. The van der Waals surface area contributed by atoms with Crippen LogP contribution in [-0.4, -0.2) is 33.0 Å². The Balaban J connectivity index is 1.55. The second kappa shape index (κ2) is 7.77. The monoisotopic (exact) mass is 313 g/mol. The quantitative estimate of drug-likeness (QED) is 0.817. The van der Waals surface area contributed by atoms with E-state index in [9.17, 15) is 0 Å². The van der Waals surface area contributed by atoms with Crippen molar-refractivity contribution in [3.8, 4) is 0 Å². The minimum Gasteiger partial charge on any atom is -0.383 e. The van der Waals surface area contributed by atoms with E-state index in [0.717, 1.165) is 56.0 Å². The van der Waals surface area contributed by atoms with Crippen LogP contribution in [0.15, 0.2) is 28.7 Å². The number of hydrogen-bond donors (Lipinski definition) is 1. The number of nitrogens with one attached hydrogen (secondary N) is 1. The van der Waals surface area contributed by atoms with Crippen LogP contribution in [0.3, 0.4) is 0 Å². The van der Waals surface area contributed by atoms with Gasteiger partial charge in [-0.05, 0) is 37.0 Å². The van der Waals surface area contributed by atoms with E-state index in [2.05, 4.69) is 33.4 Å². The summed E-state index contributed by atoms with van der Waals surface area (Å²) < 4.78 is 12.1. The van der Waals surface area contributed by atoms with Gasteiger partial charge < -0.3 is 14.8 Å². The zero-order valence-corrected chi connectivity index (χ0v) is 12.1. The van der Waals surface area contributed by atoms with Gasteiger partial charge in [0.2, 0.25) is 0 Å². The predicted octanol–water partition coefficient (Wildman–Crippen LogP) is 3.30. The van der Waals surface area contributed by atoms with Crippen molar-refractivity contribution in [2.45, 2.75) is 12.8 Å². The fourth-order valence-electron chi connectivity index (χ4n) is 2.03. The Bertz CT molecular complexity index is 353. The van der Waals surface area contributed by atoms with Crippen molar-refractivity contribution in [3.05, 3.63) is 28.7 Å². The summed E-state index contributed by atoms with van der Waals surface area (Å²) in [7, 11) is 0. The SMILES string of the molecule is Brc1cccc(NCCOCC2CCOCC2)c1. The lowest BCUT2D eigenvalue weighted by Crippen LogP contribution is -2.21. The molecule has 18 heavy (non-hydrogen) atoms. The third-order valence-corrected chi connectivity index (χ3v) is 3.59. The number of halogens is 1. The molecule has 4 heteroatoms. The van der Waals surface area contributed by atoms with Crippen LogP contribution in [0, 0.1) is 5.92 Å². The minimum absolute atomic E-state index is 0.685. The molecule has 1 aliphatic heterocycles. The van der Waals surface area contributed by atoms with E-state index < -0.39 is 0 Å². The van der Waals surface area contributed by atoms with Gasteiger partial charge in [-0.3, -0.25) is 0 Å². The maximum absolute atomic E-state index is 5.70. The highest BCUT2D eigenvalue weighted by Gasteiger charge is 2.13. The van der Waals surface area contributed by atoms with Crippen molar-refractivity contribution < 1.29 is 9.47 Å². The van der Waals surface area contributed by atoms with Crippen LogP contribution in [0.1, 0.15) is 12.8 Å². The lowest BCUT2D eigenvalue weighted by molar-refractivity contribution is 0.0231. The summed E-state index contributed by atoms with van der Waals surface area (Å²) in [6.07, 6.45) is 2.28. The van der Waals surface area contributed by atoms with Gasteiger partial charge in [0.15, 0.2) is 0 Å². The van der Waals surface area contributed by atoms with E-state index >= 15 is 0 Å². The van der Waals surface area contributed by atoms with Gasteiger partial charge >= 0.3 is 0 Å². The van der Waals surface area contributed by atoms with Crippen LogP contribution in [0.2, 0.25) is 0 Å². The summed E-state index contributed by atoms with van der Waals surface area (Å²) in [5.74, 6) is 0.685. The Morgan fingerprint density at radius 1 is 1.33 bits per heavy atom. The van der Waals surface area contributed by atoms with Gasteiger partial charge in [0.05, 0.1) is 6.61 Å². The maximum atomic E-state index is 5.70. The Hall–Kier alpha value is -0.580. The fourth-order valence-corrected chi connectivity index (χ4v) is 2.43. The molecule has 3 nitrogen and oxygen atoms in total. The number of ether oxygens (including phenoxy) is 2. The third kappa shape index (κ3) is 4.96. The van der Waals surface area contributed by atoms with E-state index in [1.165, 1.54) is 0 Å². The molecule has 0 amide bonds. The number of benzene rings is 1. The van der Waals surface area contributed by atoms with Crippen LogP contribution >= 0.6 is 15.9 Å². The first kappa shape index (κ1) is 13.8. The lowest BCUT2D eigenvalue weighted by Gasteiger charge is -2.21. The van der Waals surface area contributed by atoms with Crippen LogP contribution in [-0.2, 0) is 9.47 Å². The van der Waals surface area contributed by atoms with E-state index in [4.69, 9.17) is 9.47 Å². The predicted molar refractivity (Wildman–Crippen MR) is 77.0 cm³/mol. The number of hydrogen-bond acceptors (Lipinski definition) is 3. The van der Waals surface area contributed by atoms with Crippen LogP contribution in [0.4, 0.5) is 5.69 Å². The van der Waals surface area contributed by atoms with Crippen LogP contribution in [0.5, 0.6) is 0 Å². The average molecular weight is 314 g/mol. The zero-order valence-electron chi connectivity index (χ0n) is 10.5. The number of rotatable bonds is 6. The highest BCUT2D eigenvalue weighted by Crippen LogP contribution is 2.16. The third-order valence-electron chi connectivity index (χ3n) is 3.09. The van der Waals surface area contributed by atoms with E-state index in [0.29, 0.717) is 5.92 Å². The molecular formula is C14H20BrNO2. The Labute approximate surface area is 117 Å². The molecule has 0 radical (unpaired) electrons. The molecular weight excluding hydrogens is 294 g/mol. The largest absolute Gasteiger partial charge is 0.383 e. The van der Waals surface area contributed by atoms with Crippen molar-refractivity contribution in [2.24, 2.45) is 5.92 Å².